The van der Waals surface area contributed by atoms with Crippen molar-refractivity contribution in [2.75, 3.05) is 13.6 Å². The molecular formula is C16H22F3N. The van der Waals surface area contributed by atoms with Crippen LogP contribution < -0.4 is 5.32 Å². The summed E-state index contributed by atoms with van der Waals surface area (Å²) in [6.07, 6.45) is 1.30. The van der Waals surface area contributed by atoms with Gasteiger partial charge in [0.05, 0.1) is 5.56 Å². The fourth-order valence-corrected chi connectivity index (χ4v) is 3.37. The van der Waals surface area contributed by atoms with Crippen molar-refractivity contribution in [3.63, 3.8) is 0 Å². The summed E-state index contributed by atoms with van der Waals surface area (Å²) in [6.45, 7) is 0.609. The molecule has 1 aliphatic rings. The van der Waals surface area contributed by atoms with Gasteiger partial charge < -0.3 is 5.32 Å². The van der Waals surface area contributed by atoms with Gasteiger partial charge >= 0.3 is 6.18 Å². The van der Waals surface area contributed by atoms with Crippen molar-refractivity contribution < 1.29 is 13.2 Å². The van der Waals surface area contributed by atoms with Gasteiger partial charge in [0.25, 0.3) is 0 Å². The molecule has 1 unspecified atom stereocenters. The average Bonchev–Trinajstić information content (AvgIpc) is 2.45. The number of nitrogens with one attached hydrogen (secondary N) is 1. The summed E-state index contributed by atoms with van der Waals surface area (Å²) in [6, 6.07) is 6.06. The van der Waals surface area contributed by atoms with E-state index >= 15 is 0 Å². The lowest BCUT2D eigenvalue weighted by Crippen LogP contribution is -2.28. The highest BCUT2D eigenvalue weighted by Gasteiger charge is 2.36. The molecule has 0 saturated heterocycles. The molecule has 1 fully saturated rings. The Bertz CT molecular complexity index is 422. The van der Waals surface area contributed by atoms with Crippen molar-refractivity contribution in [3.8, 4) is 0 Å². The lowest BCUT2D eigenvalue weighted by atomic mass is 9.75. The van der Waals surface area contributed by atoms with Gasteiger partial charge in [0, 0.05) is 6.54 Å². The summed E-state index contributed by atoms with van der Waals surface area (Å²) in [4.78, 5) is 0. The van der Waals surface area contributed by atoms with E-state index in [-0.39, 0.29) is 5.92 Å². The molecule has 0 aliphatic heterocycles. The van der Waals surface area contributed by atoms with Crippen LogP contribution in [-0.4, -0.2) is 13.6 Å². The number of hydrogen-bond donors (Lipinski definition) is 1. The van der Waals surface area contributed by atoms with Crippen molar-refractivity contribution in [2.24, 2.45) is 5.92 Å². The van der Waals surface area contributed by atoms with Crippen molar-refractivity contribution in [1.82, 2.24) is 5.32 Å². The molecule has 2 rings (SSSR count). The largest absolute Gasteiger partial charge is 0.416 e. The normalized spacial score (nSPS) is 19.0. The summed E-state index contributed by atoms with van der Waals surface area (Å²) in [7, 11) is 1.81. The summed E-state index contributed by atoms with van der Waals surface area (Å²) < 4.78 is 39.6. The maximum Gasteiger partial charge on any atom is 0.416 e. The Hall–Kier alpha value is -1.03. The third-order valence-electron chi connectivity index (χ3n) is 4.31. The van der Waals surface area contributed by atoms with Crippen LogP contribution in [0.3, 0.4) is 0 Å². The highest BCUT2D eigenvalue weighted by molar-refractivity contribution is 5.33. The molecule has 0 aromatic heterocycles. The minimum Gasteiger partial charge on any atom is -0.319 e. The Morgan fingerprint density at radius 2 is 1.80 bits per heavy atom. The Labute approximate surface area is 118 Å². The van der Waals surface area contributed by atoms with E-state index in [1.165, 1.54) is 18.6 Å². The highest BCUT2D eigenvalue weighted by atomic mass is 19.4. The molecule has 112 valence electrons. The average molecular weight is 285 g/mol. The van der Waals surface area contributed by atoms with Gasteiger partial charge in [-0.15, -0.1) is 0 Å². The summed E-state index contributed by atoms with van der Waals surface area (Å²) >= 11 is 0. The molecule has 1 aromatic rings. The van der Waals surface area contributed by atoms with Crippen LogP contribution in [-0.2, 0) is 6.18 Å². The molecule has 0 amide bonds. The molecule has 1 nitrogen and oxygen atoms in total. The molecule has 0 bridgehead atoms. The maximum atomic E-state index is 13.2. The number of benzene rings is 1. The molecule has 1 saturated carbocycles. The monoisotopic (exact) mass is 285 g/mol. The van der Waals surface area contributed by atoms with Crippen LogP contribution in [0.2, 0.25) is 0 Å². The van der Waals surface area contributed by atoms with E-state index in [0.717, 1.165) is 25.7 Å². The quantitative estimate of drug-likeness (QED) is 0.853. The molecule has 1 aliphatic carbocycles. The van der Waals surface area contributed by atoms with Crippen LogP contribution >= 0.6 is 0 Å². The number of halogens is 3. The topological polar surface area (TPSA) is 12.0 Å². The fourth-order valence-electron chi connectivity index (χ4n) is 3.37. The van der Waals surface area contributed by atoms with Gasteiger partial charge in [-0.25, -0.2) is 0 Å². The van der Waals surface area contributed by atoms with Crippen molar-refractivity contribution in [1.29, 1.82) is 0 Å². The van der Waals surface area contributed by atoms with Crippen LogP contribution in [0.25, 0.3) is 0 Å². The minimum atomic E-state index is -4.27. The number of alkyl halides is 3. The van der Waals surface area contributed by atoms with Crippen LogP contribution in [0, 0.1) is 5.92 Å². The Morgan fingerprint density at radius 3 is 2.40 bits per heavy atom. The summed E-state index contributed by atoms with van der Waals surface area (Å²) in [5.41, 5.74) is -0.00734. The number of hydrogen-bond acceptors (Lipinski definition) is 1. The fraction of sp³-hybridized carbons (Fsp3) is 0.625. The second-order valence-corrected chi connectivity index (χ2v) is 5.65. The Morgan fingerprint density at radius 1 is 1.15 bits per heavy atom. The van der Waals surface area contributed by atoms with Crippen molar-refractivity contribution >= 4 is 0 Å². The number of likely N-dealkylation sites (N-methyl/N-ethyl adjacent to an activating group) is 1. The molecular weight excluding hydrogens is 263 g/mol. The molecule has 20 heavy (non-hydrogen) atoms. The first-order chi connectivity index (χ1) is 9.54. The summed E-state index contributed by atoms with van der Waals surface area (Å²) in [5.74, 6) is 0.317. The highest BCUT2D eigenvalue weighted by Crippen LogP contribution is 2.41. The lowest BCUT2D eigenvalue weighted by Gasteiger charge is -2.32. The predicted molar refractivity (Wildman–Crippen MR) is 74.7 cm³/mol. The maximum absolute atomic E-state index is 13.2. The third kappa shape index (κ3) is 3.54. The smallest absolute Gasteiger partial charge is 0.319 e. The first-order valence-electron chi connectivity index (χ1n) is 7.34. The van der Waals surface area contributed by atoms with E-state index in [1.807, 2.05) is 7.05 Å². The molecule has 4 heteroatoms. The predicted octanol–water partition coefficient (Wildman–Crippen LogP) is 4.59. The van der Waals surface area contributed by atoms with Gasteiger partial charge in [-0.05, 0) is 43.4 Å². The van der Waals surface area contributed by atoms with E-state index in [4.69, 9.17) is 0 Å². The van der Waals surface area contributed by atoms with Gasteiger partial charge in [-0.2, -0.15) is 13.2 Å². The zero-order valence-electron chi connectivity index (χ0n) is 11.8. The Kier molecular flexibility index (Phi) is 5.08. The first-order valence-corrected chi connectivity index (χ1v) is 7.34. The molecule has 1 N–H and O–H groups in total. The third-order valence-corrected chi connectivity index (χ3v) is 4.31. The van der Waals surface area contributed by atoms with Crippen LogP contribution in [0.5, 0.6) is 0 Å². The van der Waals surface area contributed by atoms with E-state index in [1.54, 1.807) is 12.1 Å². The van der Waals surface area contributed by atoms with Gasteiger partial charge in [0.2, 0.25) is 0 Å². The van der Waals surface area contributed by atoms with Gasteiger partial charge in [-0.3, -0.25) is 0 Å². The second kappa shape index (κ2) is 6.61. The zero-order valence-corrected chi connectivity index (χ0v) is 11.8. The minimum absolute atomic E-state index is 0.0434. The van der Waals surface area contributed by atoms with Crippen LogP contribution in [0.4, 0.5) is 13.2 Å². The van der Waals surface area contributed by atoms with E-state index in [9.17, 15) is 13.2 Å². The van der Waals surface area contributed by atoms with Crippen molar-refractivity contribution in [3.05, 3.63) is 35.4 Å². The molecule has 0 radical (unpaired) electrons. The first kappa shape index (κ1) is 15.4. The Balaban J connectivity index is 2.33. The molecule has 0 heterocycles. The van der Waals surface area contributed by atoms with Crippen LogP contribution in [0.15, 0.2) is 24.3 Å². The van der Waals surface area contributed by atoms with E-state index in [0.29, 0.717) is 18.0 Å². The van der Waals surface area contributed by atoms with Gasteiger partial charge in [0.15, 0.2) is 0 Å². The molecule has 1 atom stereocenters. The van der Waals surface area contributed by atoms with Gasteiger partial charge in [0.1, 0.15) is 0 Å². The molecule has 1 aromatic carbocycles. The SMILES string of the molecule is CNCC(c1ccccc1C(F)(F)F)C1CCCCC1. The van der Waals surface area contributed by atoms with E-state index in [2.05, 4.69) is 5.32 Å². The number of rotatable bonds is 4. The zero-order chi connectivity index (χ0) is 14.6. The van der Waals surface area contributed by atoms with Crippen molar-refractivity contribution in [2.45, 2.75) is 44.2 Å². The summed E-state index contributed by atoms with van der Waals surface area (Å²) in [5, 5.41) is 3.07. The standard InChI is InChI=1S/C16H22F3N/c1-20-11-14(12-7-3-2-4-8-12)13-9-5-6-10-15(13)16(17,18)19/h5-6,9-10,12,14,20H,2-4,7-8,11H2,1H3. The van der Waals surface area contributed by atoms with E-state index < -0.39 is 11.7 Å². The van der Waals surface area contributed by atoms with Crippen LogP contribution in [0.1, 0.15) is 49.1 Å². The lowest BCUT2D eigenvalue weighted by molar-refractivity contribution is -0.138. The second-order valence-electron chi connectivity index (χ2n) is 5.65. The van der Waals surface area contributed by atoms with Gasteiger partial charge in [-0.1, -0.05) is 37.5 Å². The molecule has 0 spiro atoms.